The van der Waals surface area contributed by atoms with Gasteiger partial charge in [0.1, 0.15) is 11.0 Å². The van der Waals surface area contributed by atoms with Gasteiger partial charge in [0.15, 0.2) is 21.4 Å². The summed E-state index contributed by atoms with van der Waals surface area (Å²) in [5.41, 5.74) is 2.42. The Morgan fingerprint density at radius 1 is 0.839 bits per heavy atom. The third-order valence-corrected chi connectivity index (χ3v) is 7.17. The fraction of sp³-hybridized carbons (Fsp3) is 0.200. The highest BCUT2D eigenvalue weighted by atomic mass is 32.2. The zero-order valence-electron chi connectivity index (χ0n) is 17.7. The van der Waals surface area contributed by atoms with Gasteiger partial charge in [-0.1, -0.05) is 59.7 Å². The molecule has 6 heteroatoms. The van der Waals surface area contributed by atoms with Crippen LogP contribution in [-0.2, 0) is 9.84 Å². The summed E-state index contributed by atoms with van der Waals surface area (Å²) in [6.07, 6.45) is -0.449. The SMILES string of the molecule is COc1cccc(C(=O)[C@H](CC(=O)c2ccc(C)cc2)S(=O)(=O)c2ccc(C)cc2)c1. The van der Waals surface area contributed by atoms with Crippen molar-refractivity contribution in [3.63, 3.8) is 0 Å². The molecule has 5 nitrogen and oxygen atoms in total. The average molecular weight is 437 g/mol. The van der Waals surface area contributed by atoms with E-state index in [-0.39, 0.29) is 10.5 Å². The van der Waals surface area contributed by atoms with Crippen LogP contribution in [-0.4, -0.2) is 32.3 Å². The quantitative estimate of drug-likeness (QED) is 0.482. The van der Waals surface area contributed by atoms with Crippen LogP contribution in [0.4, 0.5) is 0 Å². The molecule has 0 aliphatic carbocycles. The molecule has 160 valence electrons. The minimum absolute atomic E-state index is 0.0102. The number of carbonyl (C=O) groups excluding carboxylic acids is 2. The molecular formula is C25H24O5S. The van der Waals surface area contributed by atoms with Crippen molar-refractivity contribution in [2.75, 3.05) is 7.11 Å². The van der Waals surface area contributed by atoms with Crippen LogP contribution in [0.5, 0.6) is 5.75 Å². The number of benzene rings is 3. The molecule has 3 aromatic carbocycles. The molecule has 3 rings (SSSR count). The Morgan fingerprint density at radius 2 is 1.42 bits per heavy atom. The molecule has 0 saturated heterocycles. The topological polar surface area (TPSA) is 77.5 Å². The van der Waals surface area contributed by atoms with Gasteiger partial charge in [-0.05, 0) is 38.1 Å². The summed E-state index contributed by atoms with van der Waals surface area (Å²) in [5.74, 6) is -0.612. The number of aryl methyl sites for hydroxylation is 2. The summed E-state index contributed by atoms with van der Waals surface area (Å²) in [7, 11) is -2.64. The second-order valence-electron chi connectivity index (χ2n) is 7.44. The predicted octanol–water partition coefficient (Wildman–Crippen LogP) is 4.61. The number of ether oxygens (including phenoxy) is 1. The third-order valence-electron chi connectivity index (χ3n) is 5.12. The summed E-state index contributed by atoms with van der Waals surface area (Å²) >= 11 is 0. The van der Waals surface area contributed by atoms with Crippen LogP contribution in [0.1, 0.15) is 38.3 Å². The molecule has 0 N–H and O–H groups in total. The lowest BCUT2D eigenvalue weighted by molar-refractivity contribution is 0.0920. The molecule has 0 bridgehead atoms. The maximum Gasteiger partial charge on any atom is 0.189 e. The fourth-order valence-electron chi connectivity index (χ4n) is 3.22. The van der Waals surface area contributed by atoms with Crippen LogP contribution >= 0.6 is 0 Å². The molecule has 0 aromatic heterocycles. The number of rotatable bonds is 8. The molecule has 0 radical (unpaired) electrons. The lowest BCUT2D eigenvalue weighted by Crippen LogP contribution is -2.33. The third kappa shape index (κ3) is 5.09. The first-order valence-corrected chi connectivity index (χ1v) is 11.4. The van der Waals surface area contributed by atoms with Crippen LogP contribution in [0.2, 0.25) is 0 Å². The Balaban J connectivity index is 2.04. The molecule has 31 heavy (non-hydrogen) atoms. The molecule has 0 amide bonds. The molecule has 0 aliphatic rings. The Hall–Kier alpha value is -3.25. The lowest BCUT2D eigenvalue weighted by Gasteiger charge is -2.17. The van der Waals surface area contributed by atoms with E-state index in [0.29, 0.717) is 11.3 Å². The smallest absolute Gasteiger partial charge is 0.189 e. The second-order valence-corrected chi connectivity index (χ2v) is 9.57. The number of hydrogen-bond acceptors (Lipinski definition) is 5. The summed E-state index contributed by atoms with van der Waals surface area (Å²) < 4.78 is 32.0. The highest BCUT2D eigenvalue weighted by Gasteiger charge is 2.36. The summed E-state index contributed by atoms with van der Waals surface area (Å²) in [6, 6.07) is 19.4. The van der Waals surface area contributed by atoms with Gasteiger partial charge in [-0.2, -0.15) is 0 Å². The number of sulfone groups is 1. The van der Waals surface area contributed by atoms with Crippen molar-refractivity contribution in [3.8, 4) is 5.75 Å². The second kappa shape index (κ2) is 9.27. The van der Waals surface area contributed by atoms with E-state index in [1.807, 2.05) is 13.8 Å². The van der Waals surface area contributed by atoms with Crippen LogP contribution < -0.4 is 4.74 Å². The van der Waals surface area contributed by atoms with Gasteiger partial charge in [-0.25, -0.2) is 8.42 Å². The largest absolute Gasteiger partial charge is 0.497 e. The standard InChI is InChI=1S/C25H24O5S/c1-17-7-11-19(12-8-17)23(26)16-24(25(27)20-5-4-6-21(15-20)30-3)31(28,29)22-13-9-18(2)10-14-22/h4-15,24H,16H2,1-3H3/t24-/m0/s1. The normalized spacial score (nSPS) is 12.2. The summed E-state index contributed by atoms with van der Waals surface area (Å²) in [5, 5.41) is -1.55. The van der Waals surface area contributed by atoms with E-state index in [1.54, 1.807) is 48.5 Å². The Morgan fingerprint density at radius 3 is 2.00 bits per heavy atom. The van der Waals surface area contributed by atoms with Gasteiger partial charge in [0.25, 0.3) is 0 Å². The van der Waals surface area contributed by atoms with Gasteiger partial charge >= 0.3 is 0 Å². The Bertz CT molecular complexity index is 1190. The monoisotopic (exact) mass is 436 g/mol. The predicted molar refractivity (Wildman–Crippen MR) is 120 cm³/mol. The van der Waals surface area contributed by atoms with Crippen LogP contribution in [0.15, 0.2) is 77.7 Å². The lowest BCUT2D eigenvalue weighted by atomic mass is 10.0. The van der Waals surface area contributed by atoms with E-state index in [9.17, 15) is 18.0 Å². The van der Waals surface area contributed by atoms with Crippen molar-refractivity contribution in [3.05, 3.63) is 95.1 Å². The Kier molecular flexibility index (Phi) is 6.71. The van der Waals surface area contributed by atoms with Crippen molar-refractivity contribution in [1.82, 2.24) is 0 Å². The van der Waals surface area contributed by atoms with Gasteiger partial charge in [0, 0.05) is 17.5 Å². The van der Waals surface area contributed by atoms with E-state index in [1.165, 1.54) is 31.4 Å². The summed E-state index contributed by atoms with van der Waals surface area (Å²) in [6.45, 7) is 3.74. The number of hydrogen-bond donors (Lipinski definition) is 0. The minimum atomic E-state index is -4.11. The number of ketones is 2. The first kappa shape index (κ1) is 22.4. The van der Waals surface area contributed by atoms with Gasteiger partial charge in [-0.3, -0.25) is 9.59 Å². The van der Waals surface area contributed by atoms with Gasteiger partial charge in [0.2, 0.25) is 0 Å². The molecule has 0 spiro atoms. The first-order valence-electron chi connectivity index (χ1n) is 9.81. The average Bonchev–Trinajstić information content (AvgIpc) is 2.77. The molecular weight excluding hydrogens is 412 g/mol. The van der Waals surface area contributed by atoms with E-state index < -0.39 is 33.1 Å². The van der Waals surface area contributed by atoms with Crippen molar-refractivity contribution in [1.29, 1.82) is 0 Å². The van der Waals surface area contributed by atoms with Crippen LogP contribution in [0.25, 0.3) is 0 Å². The molecule has 0 heterocycles. The summed E-state index contributed by atoms with van der Waals surface area (Å²) in [4.78, 5) is 26.3. The first-order chi connectivity index (χ1) is 14.7. The van der Waals surface area contributed by atoms with E-state index in [0.717, 1.165) is 11.1 Å². The van der Waals surface area contributed by atoms with E-state index in [2.05, 4.69) is 0 Å². The van der Waals surface area contributed by atoms with Crippen molar-refractivity contribution in [2.45, 2.75) is 30.4 Å². The van der Waals surface area contributed by atoms with Gasteiger partial charge in [-0.15, -0.1) is 0 Å². The van der Waals surface area contributed by atoms with Crippen molar-refractivity contribution >= 4 is 21.4 Å². The molecule has 1 atom stereocenters. The molecule has 3 aromatic rings. The van der Waals surface area contributed by atoms with Crippen LogP contribution in [0.3, 0.4) is 0 Å². The fourth-order valence-corrected chi connectivity index (χ4v) is 4.86. The Labute approximate surface area is 182 Å². The highest BCUT2D eigenvalue weighted by Crippen LogP contribution is 2.25. The highest BCUT2D eigenvalue weighted by molar-refractivity contribution is 7.92. The van der Waals surface area contributed by atoms with Crippen molar-refractivity contribution in [2.24, 2.45) is 0 Å². The van der Waals surface area contributed by atoms with Gasteiger partial charge < -0.3 is 4.74 Å². The zero-order chi connectivity index (χ0) is 22.6. The maximum atomic E-state index is 13.4. The van der Waals surface area contributed by atoms with Gasteiger partial charge in [0.05, 0.1) is 12.0 Å². The van der Waals surface area contributed by atoms with E-state index in [4.69, 9.17) is 4.74 Å². The number of Topliss-reactive ketones (excluding diaryl/α,β-unsaturated/α-hetero) is 2. The van der Waals surface area contributed by atoms with Crippen LogP contribution in [0, 0.1) is 13.8 Å². The van der Waals surface area contributed by atoms with Crippen molar-refractivity contribution < 1.29 is 22.7 Å². The number of methoxy groups -OCH3 is 1. The molecule has 0 fully saturated rings. The zero-order valence-corrected chi connectivity index (χ0v) is 18.5. The molecule has 0 unspecified atom stereocenters. The minimum Gasteiger partial charge on any atom is -0.497 e. The van der Waals surface area contributed by atoms with E-state index >= 15 is 0 Å². The molecule has 0 aliphatic heterocycles. The molecule has 0 saturated carbocycles. The maximum absolute atomic E-state index is 13.4. The number of carbonyl (C=O) groups is 2.